The van der Waals surface area contributed by atoms with Crippen molar-refractivity contribution in [2.24, 2.45) is 11.8 Å². The molecule has 0 spiro atoms. The van der Waals surface area contributed by atoms with Gasteiger partial charge in [0.1, 0.15) is 0 Å². The van der Waals surface area contributed by atoms with Gasteiger partial charge in [0.25, 0.3) is 0 Å². The number of hydrogen-bond donors (Lipinski definition) is 1. The first-order chi connectivity index (χ1) is 9.11. The lowest BCUT2D eigenvalue weighted by molar-refractivity contribution is -0.150. The van der Waals surface area contributed by atoms with Crippen LogP contribution in [0.4, 0.5) is 0 Å². The van der Waals surface area contributed by atoms with E-state index in [1.165, 1.54) is 12.8 Å². The number of carbonyl (C=O) groups is 2. The van der Waals surface area contributed by atoms with Crippen molar-refractivity contribution in [3.8, 4) is 0 Å². The minimum absolute atomic E-state index is 0.137. The molecule has 2 rings (SSSR count). The number of hydrogen-bond acceptors (Lipinski definition) is 2. The molecular weight excluding hydrogens is 242 g/mol. The number of rotatable bonds is 2. The van der Waals surface area contributed by atoms with Crippen LogP contribution in [0.5, 0.6) is 0 Å². The molecule has 4 nitrogen and oxygen atoms in total. The Balaban J connectivity index is 2.02. The van der Waals surface area contributed by atoms with Crippen LogP contribution in [-0.2, 0) is 9.59 Å². The molecule has 0 aromatic carbocycles. The molecule has 0 bridgehead atoms. The maximum atomic E-state index is 12.6. The fourth-order valence-corrected chi connectivity index (χ4v) is 3.55. The van der Waals surface area contributed by atoms with Gasteiger partial charge < -0.3 is 10.0 Å². The van der Waals surface area contributed by atoms with Crippen LogP contribution < -0.4 is 0 Å². The van der Waals surface area contributed by atoms with Crippen molar-refractivity contribution in [3.63, 3.8) is 0 Å². The largest absolute Gasteiger partial charge is 0.481 e. The van der Waals surface area contributed by atoms with Gasteiger partial charge in [0.15, 0.2) is 0 Å². The highest BCUT2D eigenvalue weighted by molar-refractivity contribution is 5.80. The minimum atomic E-state index is -0.758. The molecule has 1 saturated carbocycles. The molecule has 0 unspecified atom stereocenters. The van der Waals surface area contributed by atoms with Crippen molar-refractivity contribution in [1.29, 1.82) is 0 Å². The third-order valence-electron chi connectivity index (χ3n) is 4.79. The van der Waals surface area contributed by atoms with Gasteiger partial charge in [-0.1, -0.05) is 25.7 Å². The van der Waals surface area contributed by atoms with Gasteiger partial charge in [-0.15, -0.1) is 0 Å². The first-order valence-corrected chi connectivity index (χ1v) is 7.64. The van der Waals surface area contributed by atoms with E-state index in [1.54, 1.807) is 0 Å². The third kappa shape index (κ3) is 3.28. The molecule has 0 radical (unpaired) electrons. The maximum absolute atomic E-state index is 12.6. The summed E-state index contributed by atoms with van der Waals surface area (Å²) in [4.78, 5) is 25.7. The Morgan fingerprint density at radius 1 is 1.00 bits per heavy atom. The Hall–Kier alpha value is -1.06. The van der Waals surface area contributed by atoms with Crippen molar-refractivity contribution in [2.45, 2.75) is 64.3 Å². The smallest absolute Gasteiger partial charge is 0.308 e. The molecule has 1 aliphatic heterocycles. The Morgan fingerprint density at radius 3 is 2.21 bits per heavy atom. The van der Waals surface area contributed by atoms with E-state index in [-0.39, 0.29) is 23.8 Å². The highest BCUT2D eigenvalue weighted by Gasteiger charge is 2.37. The van der Waals surface area contributed by atoms with Crippen molar-refractivity contribution in [2.75, 3.05) is 6.54 Å². The summed E-state index contributed by atoms with van der Waals surface area (Å²) in [6.45, 7) is 2.63. The Kier molecular flexibility index (Phi) is 4.83. The molecule has 108 valence electrons. The second kappa shape index (κ2) is 6.40. The highest BCUT2D eigenvalue weighted by Crippen LogP contribution is 2.29. The van der Waals surface area contributed by atoms with E-state index >= 15 is 0 Å². The number of carboxylic acids is 1. The van der Waals surface area contributed by atoms with Gasteiger partial charge in [0, 0.05) is 18.5 Å². The first-order valence-electron chi connectivity index (χ1n) is 7.64. The summed E-state index contributed by atoms with van der Waals surface area (Å²) in [6.07, 6.45) is 8.24. The Morgan fingerprint density at radius 2 is 1.63 bits per heavy atom. The molecule has 1 aliphatic carbocycles. The molecule has 2 atom stereocenters. The Bertz CT molecular complexity index is 334. The monoisotopic (exact) mass is 267 g/mol. The second-order valence-electron chi connectivity index (χ2n) is 6.05. The lowest BCUT2D eigenvalue weighted by Crippen LogP contribution is -2.51. The molecule has 1 saturated heterocycles. The average Bonchev–Trinajstić information content (AvgIpc) is 2.66. The predicted molar refractivity (Wildman–Crippen MR) is 72.7 cm³/mol. The average molecular weight is 267 g/mol. The molecular formula is C15H25NO3. The second-order valence-corrected chi connectivity index (χ2v) is 6.05. The topological polar surface area (TPSA) is 57.6 Å². The first kappa shape index (κ1) is 14.4. The van der Waals surface area contributed by atoms with E-state index in [0.29, 0.717) is 6.42 Å². The van der Waals surface area contributed by atoms with Gasteiger partial charge in [0.2, 0.25) is 5.91 Å². The standard InChI is InChI=1S/C15H25NO3/c1-11-13(15(18)19)9-6-10-16(11)14(17)12-7-4-2-3-5-8-12/h11-13H,2-10H2,1H3,(H,18,19)/t11-,13-/m1/s1. The van der Waals surface area contributed by atoms with Crippen LogP contribution in [0.3, 0.4) is 0 Å². The lowest BCUT2D eigenvalue weighted by atomic mass is 9.88. The van der Waals surface area contributed by atoms with Crippen LogP contribution in [0.1, 0.15) is 58.3 Å². The van der Waals surface area contributed by atoms with Crippen molar-refractivity contribution < 1.29 is 14.7 Å². The van der Waals surface area contributed by atoms with E-state index in [2.05, 4.69) is 0 Å². The fraction of sp³-hybridized carbons (Fsp3) is 0.867. The van der Waals surface area contributed by atoms with Gasteiger partial charge >= 0.3 is 5.97 Å². The highest BCUT2D eigenvalue weighted by atomic mass is 16.4. The molecule has 2 aliphatic rings. The van der Waals surface area contributed by atoms with E-state index in [4.69, 9.17) is 0 Å². The molecule has 1 N–H and O–H groups in total. The molecule has 1 amide bonds. The number of piperidine rings is 1. The maximum Gasteiger partial charge on any atom is 0.308 e. The third-order valence-corrected chi connectivity index (χ3v) is 4.79. The number of aliphatic carboxylic acids is 1. The minimum Gasteiger partial charge on any atom is -0.481 e. The normalized spacial score (nSPS) is 29.8. The lowest BCUT2D eigenvalue weighted by Gasteiger charge is -2.39. The zero-order chi connectivity index (χ0) is 13.8. The van der Waals surface area contributed by atoms with Gasteiger partial charge in [-0.2, -0.15) is 0 Å². The van der Waals surface area contributed by atoms with Crippen molar-refractivity contribution >= 4 is 11.9 Å². The molecule has 1 heterocycles. The van der Waals surface area contributed by atoms with E-state index in [1.807, 2.05) is 11.8 Å². The van der Waals surface area contributed by atoms with E-state index < -0.39 is 5.97 Å². The molecule has 0 aromatic rings. The van der Waals surface area contributed by atoms with Gasteiger partial charge in [-0.3, -0.25) is 9.59 Å². The summed E-state index contributed by atoms with van der Waals surface area (Å²) in [7, 11) is 0. The van der Waals surface area contributed by atoms with Crippen LogP contribution >= 0.6 is 0 Å². The summed E-state index contributed by atoms with van der Waals surface area (Å²) >= 11 is 0. The van der Waals surface area contributed by atoms with Crippen LogP contribution in [-0.4, -0.2) is 34.5 Å². The molecule has 4 heteroatoms. The molecule has 0 aromatic heterocycles. The molecule has 2 fully saturated rings. The summed E-state index contributed by atoms with van der Waals surface area (Å²) in [6, 6.07) is -0.151. The number of nitrogens with zero attached hydrogens (tertiary/aromatic N) is 1. The van der Waals surface area contributed by atoms with Crippen LogP contribution in [0.25, 0.3) is 0 Å². The van der Waals surface area contributed by atoms with Crippen LogP contribution in [0, 0.1) is 11.8 Å². The van der Waals surface area contributed by atoms with Crippen LogP contribution in [0.2, 0.25) is 0 Å². The Labute approximate surface area is 115 Å². The summed E-state index contributed by atoms with van der Waals surface area (Å²) in [5, 5.41) is 9.23. The summed E-state index contributed by atoms with van der Waals surface area (Å²) < 4.78 is 0. The quantitative estimate of drug-likeness (QED) is 0.783. The number of amides is 1. The molecule has 19 heavy (non-hydrogen) atoms. The van der Waals surface area contributed by atoms with E-state index in [0.717, 1.165) is 38.6 Å². The summed E-state index contributed by atoms with van der Waals surface area (Å²) in [5.74, 6) is -0.799. The summed E-state index contributed by atoms with van der Waals surface area (Å²) in [5.41, 5.74) is 0. The predicted octanol–water partition coefficient (Wildman–Crippen LogP) is 2.67. The SMILES string of the molecule is C[C@@H]1[C@H](C(=O)O)CCCN1C(=O)C1CCCCCC1. The van der Waals surface area contributed by atoms with Crippen molar-refractivity contribution in [1.82, 2.24) is 4.90 Å². The van der Waals surface area contributed by atoms with Gasteiger partial charge in [-0.25, -0.2) is 0 Å². The zero-order valence-corrected chi connectivity index (χ0v) is 11.8. The number of likely N-dealkylation sites (tertiary alicyclic amines) is 1. The van der Waals surface area contributed by atoms with Gasteiger partial charge in [-0.05, 0) is 32.6 Å². The number of carbonyl (C=O) groups excluding carboxylic acids is 1. The number of carboxylic acid groups (broad SMARTS) is 1. The van der Waals surface area contributed by atoms with E-state index in [9.17, 15) is 14.7 Å². The fourth-order valence-electron chi connectivity index (χ4n) is 3.55. The van der Waals surface area contributed by atoms with Crippen LogP contribution in [0.15, 0.2) is 0 Å². The van der Waals surface area contributed by atoms with Gasteiger partial charge in [0.05, 0.1) is 5.92 Å². The van der Waals surface area contributed by atoms with Crippen molar-refractivity contribution in [3.05, 3.63) is 0 Å². The zero-order valence-electron chi connectivity index (χ0n) is 11.8.